The minimum Gasteiger partial charge on any atom is -0.389 e. The maximum atomic E-state index is 11.2. The van der Waals surface area contributed by atoms with Crippen molar-refractivity contribution in [3.8, 4) is 0 Å². The zero-order valence-electron chi connectivity index (χ0n) is 8.97. The molecule has 1 aromatic heterocycles. The zero-order chi connectivity index (χ0) is 12.0. The molecule has 0 aliphatic heterocycles. The largest absolute Gasteiger partial charge is 0.389 e. The molecule has 1 heterocycles. The van der Waals surface area contributed by atoms with E-state index < -0.39 is 10.8 Å². The Kier molecular flexibility index (Phi) is 5.27. The van der Waals surface area contributed by atoms with Crippen LogP contribution < -0.4 is 11.1 Å². The Bertz CT molecular complexity index is 397. The molecule has 5 nitrogen and oxygen atoms in total. The first-order valence-electron chi connectivity index (χ1n) is 4.85. The fraction of sp³-hybridized carbons (Fsp3) is 0.444. The van der Waals surface area contributed by atoms with Crippen LogP contribution in [0.1, 0.15) is 12.5 Å². The smallest absolute Gasteiger partial charge is 0.158 e. The predicted octanol–water partition coefficient (Wildman–Crippen LogP) is 0.291. The number of nitrogens with two attached hydrogens (primary N) is 1. The molecule has 7 heteroatoms. The highest BCUT2D eigenvalue weighted by Crippen LogP contribution is 2.09. The number of nitrogens with one attached hydrogen (secondary N) is 1. The summed E-state index contributed by atoms with van der Waals surface area (Å²) >= 11 is 4.88. The van der Waals surface area contributed by atoms with Crippen molar-refractivity contribution in [2.75, 3.05) is 23.4 Å². The van der Waals surface area contributed by atoms with E-state index in [-0.39, 0.29) is 4.99 Å². The molecule has 1 rings (SSSR count). The van der Waals surface area contributed by atoms with Crippen LogP contribution in [0.3, 0.4) is 0 Å². The van der Waals surface area contributed by atoms with Crippen LogP contribution in [0.25, 0.3) is 0 Å². The molecule has 0 aromatic carbocycles. The molecular formula is C9H14N4OS2. The van der Waals surface area contributed by atoms with Crippen LogP contribution in [0.4, 0.5) is 5.82 Å². The van der Waals surface area contributed by atoms with Gasteiger partial charge in [-0.25, -0.2) is 0 Å². The van der Waals surface area contributed by atoms with Gasteiger partial charge in [-0.2, -0.15) is 5.10 Å². The summed E-state index contributed by atoms with van der Waals surface area (Å²) in [5, 5.41) is 10.7. The van der Waals surface area contributed by atoms with Crippen LogP contribution in [0.5, 0.6) is 0 Å². The number of hydrogen-bond acceptors (Lipinski definition) is 5. The van der Waals surface area contributed by atoms with E-state index in [4.69, 9.17) is 18.0 Å². The van der Waals surface area contributed by atoms with E-state index >= 15 is 0 Å². The van der Waals surface area contributed by atoms with Gasteiger partial charge in [0.1, 0.15) is 4.99 Å². The molecule has 0 radical (unpaired) electrons. The molecule has 1 atom stereocenters. The van der Waals surface area contributed by atoms with Crippen molar-refractivity contribution in [1.29, 1.82) is 0 Å². The van der Waals surface area contributed by atoms with Crippen molar-refractivity contribution in [2.45, 2.75) is 6.92 Å². The molecule has 0 fully saturated rings. The summed E-state index contributed by atoms with van der Waals surface area (Å²) < 4.78 is 11.2. The normalized spacial score (nSPS) is 12.1. The number of hydrogen-bond donors (Lipinski definition) is 2. The summed E-state index contributed by atoms with van der Waals surface area (Å²) in [5.74, 6) is 1.77. The summed E-state index contributed by atoms with van der Waals surface area (Å²) in [7, 11) is -0.793. The number of anilines is 1. The van der Waals surface area contributed by atoms with Crippen LogP contribution in [0, 0.1) is 0 Å². The molecule has 0 bridgehead atoms. The molecule has 88 valence electrons. The maximum Gasteiger partial charge on any atom is 0.158 e. The van der Waals surface area contributed by atoms with Crippen molar-refractivity contribution in [1.82, 2.24) is 10.2 Å². The first-order valence-corrected chi connectivity index (χ1v) is 6.75. The van der Waals surface area contributed by atoms with Gasteiger partial charge in [-0.3, -0.25) is 4.21 Å². The highest BCUT2D eigenvalue weighted by molar-refractivity contribution is 7.84. The Morgan fingerprint density at radius 1 is 1.69 bits per heavy atom. The lowest BCUT2D eigenvalue weighted by Gasteiger charge is -2.08. The first-order chi connectivity index (χ1) is 7.65. The van der Waals surface area contributed by atoms with Gasteiger partial charge in [0.25, 0.3) is 0 Å². The average Bonchev–Trinajstić information content (AvgIpc) is 2.29. The number of nitrogens with zero attached hydrogens (tertiary/aromatic N) is 2. The summed E-state index contributed by atoms with van der Waals surface area (Å²) in [6.45, 7) is 2.45. The molecule has 0 saturated heterocycles. The van der Waals surface area contributed by atoms with Crippen LogP contribution >= 0.6 is 12.2 Å². The third kappa shape index (κ3) is 3.82. The molecule has 16 heavy (non-hydrogen) atoms. The summed E-state index contributed by atoms with van der Waals surface area (Å²) in [4.78, 5) is 0.272. The van der Waals surface area contributed by atoms with Gasteiger partial charge in [0.15, 0.2) is 5.82 Å². The lowest BCUT2D eigenvalue weighted by atomic mass is 10.3. The zero-order valence-corrected chi connectivity index (χ0v) is 10.6. The maximum absolute atomic E-state index is 11.2. The fourth-order valence-electron chi connectivity index (χ4n) is 1.09. The summed E-state index contributed by atoms with van der Waals surface area (Å²) in [6.07, 6.45) is 1.53. The van der Waals surface area contributed by atoms with Crippen molar-refractivity contribution < 1.29 is 4.21 Å². The van der Waals surface area contributed by atoms with Crippen LogP contribution in [0.2, 0.25) is 0 Å². The second-order valence-corrected chi connectivity index (χ2v) is 5.32. The second-order valence-electron chi connectivity index (χ2n) is 3.02. The van der Waals surface area contributed by atoms with E-state index in [0.717, 1.165) is 0 Å². The Labute approximate surface area is 102 Å². The van der Waals surface area contributed by atoms with Crippen LogP contribution in [-0.2, 0) is 10.8 Å². The van der Waals surface area contributed by atoms with E-state index in [2.05, 4.69) is 15.5 Å². The Morgan fingerprint density at radius 2 is 2.44 bits per heavy atom. The minimum atomic E-state index is -0.793. The van der Waals surface area contributed by atoms with E-state index in [1.165, 1.54) is 6.20 Å². The van der Waals surface area contributed by atoms with Crippen LogP contribution in [-0.4, -0.2) is 37.4 Å². The van der Waals surface area contributed by atoms with Crippen molar-refractivity contribution in [3.05, 3.63) is 17.8 Å². The van der Waals surface area contributed by atoms with Gasteiger partial charge < -0.3 is 11.1 Å². The van der Waals surface area contributed by atoms with Crippen LogP contribution in [0.15, 0.2) is 12.3 Å². The Hall–Kier alpha value is -1.08. The van der Waals surface area contributed by atoms with Gasteiger partial charge in [-0.05, 0) is 6.07 Å². The molecule has 0 amide bonds. The number of aromatic nitrogens is 2. The highest BCUT2D eigenvalue weighted by Gasteiger charge is 2.06. The molecule has 0 spiro atoms. The summed E-state index contributed by atoms with van der Waals surface area (Å²) in [6, 6.07) is 1.70. The molecule has 0 saturated carbocycles. The van der Waals surface area contributed by atoms with Crippen molar-refractivity contribution >= 4 is 33.8 Å². The quantitative estimate of drug-likeness (QED) is 0.714. The van der Waals surface area contributed by atoms with Gasteiger partial charge in [0, 0.05) is 28.9 Å². The number of thiocarbonyl (C=S) groups is 1. The van der Waals surface area contributed by atoms with E-state index in [1.807, 2.05) is 6.92 Å². The Morgan fingerprint density at radius 3 is 3.06 bits per heavy atom. The monoisotopic (exact) mass is 258 g/mol. The molecule has 3 N–H and O–H groups in total. The van der Waals surface area contributed by atoms with Gasteiger partial charge in [-0.15, -0.1) is 5.10 Å². The molecule has 1 unspecified atom stereocenters. The van der Waals surface area contributed by atoms with Crippen molar-refractivity contribution in [2.24, 2.45) is 5.73 Å². The third-order valence-electron chi connectivity index (χ3n) is 1.93. The van der Waals surface area contributed by atoms with Gasteiger partial charge in [0.05, 0.1) is 11.8 Å². The molecule has 1 aromatic rings. The van der Waals surface area contributed by atoms with Crippen molar-refractivity contribution in [3.63, 3.8) is 0 Å². The van der Waals surface area contributed by atoms with Gasteiger partial charge in [-0.1, -0.05) is 19.1 Å². The minimum absolute atomic E-state index is 0.272. The van der Waals surface area contributed by atoms with E-state index in [0.29, 0.717) is 29.4 Å². The first kappa shape index (κ1) is 13.0. The molecule has 0 aliphatic carbocycles. The average molecular weight is 258 g/mol. The highest BCUT2D eigenvalue weighted by atomic mass is 32.2. The number of rotatable bonds is 6. The van der Waals surface area contributed by atoms with E-state index in [1.54, 1.807) is 6.07 Å². The molecule has 0 aliphatic rings. The lowest BCUT2D eigenvalue weighted by Crippen LogP contribution is -2.18. The molecular weight excluding hydrogens is 244 g/mol. The standard InChI is InChI=1S/C9H14N4OS2/c1-2-16(14)6-5-11-9-7(8(10)15)3-4-12-13-9/h3-4H,2,5-6H2,1H3,(H2,10,15)(H,11,13). The fourth-order valence-corrected chi connectivity index (χ4v) is 1.87. The topological polar surface area (TPSA) is 80.9 Å². The summed E-state index contributed by atoms with van der Waals surface area (Å²) in [5.41, 5.74) is 6.20. The third-order valence-corrected chi connectivity index (χ3v) is 3.45. The predicted molar refractivity (Wildman–Crippen MR) is 70.0 cm³/mol. The van der Waals surface area contributed by atoms with Gasteiger partial charge in [0.2, 0.25) is 0 Å². The SMILES string of the molecule is CCS(=O)CCNc1nnccc1C(N)=S. The Balaban J connectivity index is 2.60. The van der Waals surface area contributed by atoms with Gasteiger partial charge >= 0.3 is 0 Å². The lowest BCUT2D eigenvalue weighted by molar-refractivity contribution is 0.684. The second kappa shape index (κ2) is 6.49. The van der Waals surface area contributed by atoms with E-state index in [9.17, 15) is 4.21 Å².